The molecule has 0 spiro atoms. The van der Waals surface area contributed by atoms with Gasteiger partial charge in [-0.25, -0.2) is 4.39 Å². The van der Waals surface area contributed by atoms with Gasteiger partial charge in [0.15, 0.2) is 0 Å². The van der Waals surface area contributed by atoms with E-state index in [4.69, 9.17) is 4.74 Å². The minimum Gasteiger partial charge on any atom is -0.381 e. The molecule has 0 saturated carbocycles. The van der Waals surface area contributed by atoms with Gasteiger partial charge in [-0.15, -0.1) is 0 Å². The zero-order valence-electron chi connectivity index (χ0n) is 13.4. The zero-order valence-corrected chi connectivity index (χ0v) is 13.4. The fourth-order valence-electron chi connectivity index (χ4n) is 2.64. The van der Waals surface area contributed by atoms with E-state index in [9.17, 15) is 4.39 Å². The largest absolute Gasteiger partial charge is 0.381 e. The second kappa shape index (κ2) is 11.6. The molecule has 0 bridgehead atoms. The van der Waals surface area contributed by atoms with Gasteiger partial charge in [-0.05, 0) is 26.3 Å². The number of halogens is 1. The van der Waals surface area contributed by atoms with E-state index in [1.165, 1.54) is 0 Å². The predicted molar refractivity (Wildman–Crippen MR) is 80.5 cm³/mol. The van der Waals surface area contributed by atoms with Crippen LogP contribution >= 0.6 is 0 Å². The first kappa shape index (κ1) is 18.8. The third kappa shape index (κ3) is 6.19. The molecule has 116 valence electrons. The Hall–Kier alpha value is -0.190. The van der Waals surface area contributed by atoms with Crippen LogP contribution in [-0.2, 0) is 4.74 Å². The number of hydrogen-bond donors (Lipinski definition) is 1. The second-order valence-electron chi connectivity index (χ2n) is 4.54. The molecule has 2 unspecified atom stereocenters. The molecular formula is C15H33FN2O. The van der Waals surface area contributed by atoms with Crippen molar-refractivity contribution < 1.29 is 9.13 Å². The number of ether oxygens (including phenoxy) is 1. The van der Waals surface area contributed by atoms with Crippen LogP contribution in [0.5, 0.6) is 0 Å². The standard InChI is InChI=1S/C11H21FN2O.2C2H6/c1-13-11-2-5-14(8-10(11)12)9-3-6-15-7-4-9;2*1-2/h9-11,13H,2-8H2,1H3;2*1-2H3. The molecule has 0 aromatic carbocycles. The molecule has 19 heavy (non-hydrogen) atoms. The Morgan fingerprint density at radius 3 is 2.11 bits per heavy atom. The maximum atomic E-state index is 13.7. The molecule has 3 nitrogen and oxygen atoms in total. The van der Waals surface area contributed by atoms with Crippen molar-refractivity contribution in [3.63, 3.8) is 0 Å². The van der Waals surface area contributed by atoms with Crippen LogP contribution in [0.15, 0.2) is 0 Å². The molecule has 0 aromatic heterocycles. The Balaban J connectivity index is 0.000000741. The van der Waals surface area contributed by atoms with Gasteiger partial charge in [0.2, 0.25) is 0 Å². The molecule has 2 aliphatic heterocycles. The van der Waals surface area contributed by atoms with Crippen LogP contribution < -0.4 is 5.32 Å². The molecule has 2 heterocycles. The van der Waals surface area contributed by atoms with E-state index in [0.29, 0.717) is 12.6 Å². The number of hydrogen-bond acceptors (Lipinski definition) is 3. The van der Waals surface area contributed by atoms with Crippen molar-refractivity contribution in [1.29, 1.82) is 0 Å². The Morgan fingerprint density at radius 2 is 1.63 bits per heavy atom. The molecule has 2 rings (SSSR count). The van der Waals surface area contributed by atoms with Crippen molar-refractivity contribution in [2.24, 2.45) is 0 Å². The highest BCUT2D eigenvalue weighted by molar-refractivity contribution is 4.88. The normalized spacial score (nSPS) is 28.7. The molecule has 0 amide bonds. The van der Waals surface area contributed by atoms with Gasteiger partial charge in [0.1, 0.15) is 6.17 Å². The van der Waals surface area contributed by atoms with Gasteiger partial charge in [0.25, 0.3) is 0 Å². The van der Waals surface area contributed by atoms with Crippen LogP contribution in [0.4, 0.5) is 4.39 Å². The lowest BCUT2D eigenvalue weighted by atomic mass is 9.98. The topological polar surface area (TPSA) is 24.5 Å². The third-order valence-corrected chi connectivity index (χ3v) is 3.65. The fraction of sp³-hybridized carbons (Fsp3) is 1.00. The molecule has 0 aliphatic carbocycles. The van der Waals surface area contributed by atoms with Crippen LogP contribution in [-0.4, -0.2) is 56.5 Å². The van der Waals surface area contributed by atoms with Gasteiger partial charge in [-0.2, -0.15) is 0 Å². The smallest absolute Gasteiger partial charge is 0.128 e. The lowest BCUT2D eigenvalue weighted by molar-refractivity contribution is 0.00564. The summed E-state index contributed by atoms with van der Waals surface area (Å²) in [5, 5.41) is 3.05. The minimum atomic E-state index is -0.716. The van der Waals surface area contributed by atoms with Gasteiger partial charge in [0.05, 0.1) is 0 Å². The number of nitrogens with zero attached hydrogens (tertiary/aromatic N) is 1. The number of rotatable bonds is 2. The first-order valence-corrected chi connectivity index (χ1v) is 7.94. The molecule has 4 heteroatoms. The van der Waals surface area contributed by atoms with Crippen LogP contribution in [0.25, 0.3) is 0 Å². The van der Waals surface area contributed by atoms with Crippen LogP contribution in [0.3, 0.4) is 0 Å². The van der Waals surface area contributed by atoms with Crippen molar-refractivity contribution in [2.45, 2.75) is 65.2 Å². The van der Waals surface area contributed by atoms with E-state index < -0.39 is 6.17 Å². The highest BCUT2D eigenvalue weighted by atomic mass is 19.1. The number of alkyl halides is 1. The molecule has 1 N–H and O–H groups in total. The number of nitrogens with one attached hydrogen (secondary N) is 1. The number of likely N-dealkylation sites (tertiary alicyclic amines) is 1. The van der Waals surface area contributed by atoms with Gasteiger partial charge in [0, 0.05) is 38.4 Å². The molecule has 2 aliphatic rings. The summed E-state index contributed by atoms with van der Waals surface area (Å²) in [6.45, 7) is 11.3. The molecule has 2 atom stereocenters. The lowest BCUT2D eigenvalue weighted by Crippen LogP contribution is -2.53. The van der Waals surface area contributed by atoms with Crippen molar-refractivity contribution in [1.82, 2.24) is 10.2 Å². The lowest BCUT2D eigenvalue weighted by Gasteiger charge is -2.40. The van der Waals surface area contributed by atoms with E-state index in [1.54, 1.807) is 0 Å². The monoisotopic (exact) mass is 276 g/mol. The summed E-state index contributed by atoms with van der Waals surface area (Å²) in [5.74, 6) is 0. The predicted octanol–water partition coefficient (Wildman–Crippen LogP) is 2.85. The maximum Gasteiger partial charge on any atom is 0.128 e. The fourth-order valence-corrected chi connectivity index (χ4v) is 2.64. The van der Waals surface area contributed by atoms with Crippen molar-refractivity contribution in [2.75, 3.05) is 33.4 Å². The number of piperidine rings is 1. The highest BCUT2D eigenvalue weighted by Gasteiger charge is 2.32. The SMILES string of the molecule is CC.CC.CNC1CCN(C2CCOCC2)CC1F. The van der Waals surface area contributed by atoms with Crippen molar-refractivity contribution >= 4 is 0 Å². The molecule has 0 radical (unpaired) electrons. The van der Waals surface area contributed by atoms with Crippen LogP contribution in [0.1, 0.15) is 47.0 Å². The molecule has 2 fully saturated rings. The van der Waals surface area contributed by atoms with E-state index in [0.717, 1.165) is 39.0 Å². The Labute approximate surface area is 118 Å². The summed E-state index contributed by atoms with van der Waals surface area (Å²) < 4.78 is 19.0. The first-order valence-electron chi connectivity index (χ1n) is 7.94. The van der Waals surface area contributed by atoms with Gasteiger partial charge in [-0.1, -0.05) is 27.7 Å². The van der Waals surface area contributed by atoms with Gasteiger partial charge < -0.3 is 10.1 Å². The maximum absolute atomic E-state index is 13.7. The van der Waals surface area contributed by atoms with Crippen LogP contribution in [0.2, 0.25) is 0 Å². The Kier molecular flexibility index (Phi) is 11.5. The molecule has 0 aromatic rings. The zero-order chi connectivity index (χ0) is 14.7. The summed E-state index contributed by atoms with van der Waals surface area (Å²) in [6.07, 6.45) is 2.34. The molecular weight excluding hydrogens is 243 g/mol. The second-order valence-corrected chi connectivity index (χ2v) is 4.54. The Bertz CT molecular complexity index is 199. The summed E-state index contributed by atoms with van der Waals surface area (Å²) in [4.78, 5) is 2.31. The van der Waals surface area contributed by atoms with E-state index >= 15 is 0 Å². The van der Waals surface area contributed by atoms with E-state index in [1.807, 2.05) is 34.7 Å². The summed E-state index contributed by atoms with van der Waals surface area (Å²) in [5.41, 5.74) is 0. The van der Waals surface area contributed by atoms with Gasteiger partial charge >= 0.3 is 0 Å². The summed E-state index contributed by atoms with van der Waals surface area (Å²) in [6, 6.07) is 0.607. The highest BCUT2D eigenvalue weighted by Crippen LogP contribution is 2.21. The molecule has 2 saturated heterocycles. The van der Waals surface area contributed by atoms with Crippen molar-refractivity contribution in [3.8, 4) is 0 Å². The van der Waals surface area contributed by atoms with E-state index in [-0.39, 0.29) is 6.04 Å². The summed E-state index contributed by atoms with van der Waals surface area (Å²) >= 11 is 0. The average Bonchev–Trinajstić information content (AvgIpc) is 2.52. The third-order valence-electron chi connectivity index (χ3n) is 3.65. The quantitative estimate of drug-likeness (QED) is 0.839. The van der Waals surface area contributed by atoms with Gasteiger partial charge in [-0.3, -0.25) is 4.90 Å². The van der Waals surface area contributed by atoms with E-state index in [2.05, 4.69) is 10.2 Å². The first-order chi connectivity index (χ1) is 9.31. The van der Waals surface area contributed by atoms with Crippen LogP contribution in [0, 0.1) is 0 Å². The van der Waals surface area contributed by atoms with Crippen molar-refractivity contribution in [3.05, 3.63) is 0 Å². The summed E-state index contributed by atoms with van der Waals surface area (Å²) in [7, 11) is 1.85. The Morgan fingerprint density at radius 1 is 1.05 bits per heavy atom. The average molecular weight is 276 g/mol. The minimum absolute atomic E-state index is 0.0566.